The van der Waals surface area contributed by atoms with Crippen LogP contribution in [0.5, 0.6) is 5.75 Å². The molecule has 2 aromatic rings. The molecule has 1 heterocycles. The molecule has 1 aromatic carbocycles. The van der Waals surface area contributed by atoms with Gasteiger partial charge in [-0.05, 0) is 38.7 Å². The molecule has 26 heavy (non-hydrogen) atoms. The Kier molecular flexibility index (Phi) is 7.87. The molecular weight excluding hydrogens is 346 g/mol. The van der Waals surface area contributed by atoms with Gasteiger partial charge < -0.3 is 20.3 Å². The lowest BCUT2D eigenvalue weighted by molar-refractivity contribution is 0.297. The van der Waals surface area contributed by atoms with Gasteiger partial charge in [-0.2, -0.15) is 0 Å². The molecule has 1 aromatic heterocycles. The third-order valence-corrected chi connectivity index (χ3v) is 5.06. The van der Waals surface area contributed by atoms with Gasteiger partial charge in [0.15, 0.2) is 5.96 Å². The number of aliphatic imine (C=N–C) groups is 1. The van der Waals surface area contributed by atoms with Crippen molar-refractivity contribution < 1.29 is 4.74 Å². The predicted octanol–water partition coefficient (Wildman–Crippen LogP) is 2.47. The number of guanidine groups is 1. The molecule has 0 amide bonds. The lowest BCUT2D eigenvalue weighted by Crippen LogP contribution is -2.42. The first-order chi connectivity index (χ1) is 12.5. The van der Waals surface area contributed by atoms with Gasteiger partial charge in [0.2, 0.25) is 0 Å². The first-order valence-corrected chi connectivity index (χ1v) is 9.51. The van der Waals surface area contributed by atoms with Crippen LogP contribution in [0.1, 0.15) is 21.5 Å². The van der Waals surface area contributed by atoms with Gasteiger partial charge in [-0.3, -0.25) is 4.99 Å². The molecule has 7 heteroatoms. The van der Waals surface area contributed by atoms with Crippen LogP contribution in [0.2, 0.25) is 0 Å². The highest BCUT2D eigenvalue weighted by Crippen LogP contribution is 2.22. The van der Waals surface area contributed by atoms with Crippen LogP contribution in [0, 0.1) is 6.92 Å². The van der Waals surface area contributed by atoms with Crippen molar-refractivity contribution in [3.05, 3.63) is 45.9 Å². The van der Waals surface area contributed by atoms with Crippen molar-refractivity contribution in [3.8, 4) is 5.75 Å². The van der Waals surface area contributed by atoms with Crippen LogP contribution in [0.25, 0.3) is 0 Å². The van der Waals surface area contributed by atoms with Crippen molar-refractivity contribution >= 4 is 17.3 Å². The Morgan fingerprint density at radius 1 is 1.35 bits per heavy atom. The van der Waals surface area contributed by atoms with E-state index in [9.17, 15) is 0 Å². The maximum Gasteiger partial charge on any atom is 0.191 e. The van der Waals surface area contributed by atoms with Crippen LogP contribution in [0.15, 0.2) is 35.5 Å². The van der Waals surface area contributed by atoms with Crippen LogP contribution >= 0.6 is 11.3 Å². The molecule has 0 radical (unpaired) electrons. The van der Waals surface area contributed by atoms with Crippen LogP contribution in [0.4, 0.5) is 0 Å². The summed E-state index contributed by atoms with van der Waals surface area (Å²) in [7, 11) is 7.64. The second kappa shape index (κ2) is 10.1. The highest BCUT2D eigenvalue weighted by molar-refractivity contribution is 7.11. The summed E-state index contributed by atoms with van der Waals surface area (Å²) in [5.41, 5.74) is 1.20. The van der Waals surface area contributed by atoms with Gasteiger partial charge in [-0.1, -0.05) is 12.1 Å². The van der Waals surface area contributed by atoms with Gasteiger partial charge in [0.05, 0.1) is 18.2 Å². The second-order valence-corrected chi connectivity index (χ2v) is 7.57. The number of rotatable bonds is 8. The number of thiazole rings is 1. The highest BCUT2D eigenvalue weighted by atomic mass is 32.1. The van der Waals surface area contributed by atoms with Gasteiger partial charge >= 0.3 is 0 Å². The fraction of sp³-hybridized carbons (Fsp3) is 0.474. The van der Waals surface area contributed by atoms with E-state index in [0.29, 0.717) is 0 Å². The van der Waals surface area contributed by atoms with Crippen LogP contribution in [0.3, 0.4) is 0 Å². The first-order valence-electron chi connectivity index (χ1n) is 8.69. The van der Waals surface area contributed by atoms with Crippen LogP contribution in [-0.4, -0.2) is 57.2 Å². The second-order valence-electron chi connectivity index (χ2n) is 6.25. The number of ether oxygens (including phenoxy) is 1. The maximum atomic E-state index is 5.35. The number of nitrogens with zero attached hydrogens (tertiary/aromatic N) is 3. The summed E-state index contributed by atoms with van der Waals surface area (Å²) >= 11 is 1.74. The summed E-state index contributed by atoms with van der Waals surface area (Å²) in [6.45, 7) is 3.63. The third kappa shape index (κ3) is 6.00. The van der Waals surface area contributed by atoms with Gasteiger partial charge in [-0.15, -0.1) is 11.3 Å². The van der Waals surface area contributed by atoms with E-state index in [1.54, 1.807) is 25.5 Å². The summed E-state index contributed by atoms with van der Waals surface area (Å²) < 4.78 is 5.35. The fourth-order valence-electron chi connectivity index (χ4n) is 2.67. The molecule has 1 atom stereocenters. The number of likely N-dealkylation sites (N-methyl/N-ethyl adjacent to an activating group) is 1. The zero-order valence-corrected chi connectivity index (χ0v) is 17.1. The van der Waals surface area contributed by atoms with E-state index in [4.69, 9.17) is 4.74 Å². The summed E-state index contributed by atoms with van der Waals surface area (Å²) in [5, 5.41) is 7.92. The Morgan fingerprint density at radius 3 is 2.77 bits per heavy atom. The summed E-state index contributed by atoms with van der Waals surface area (Å²) in [6, 6.07) is 8.40. The normalized spacial score (nSPS) is 12.9. The number of hydrogen-bond donors (Lipinski definition) is 2. The lowest BCUT2D eigenvalue weighted by Gasteiger charge is -2.26. The predicted molar refractivity (Wildman–Crippen MR) is 109 cm³/mol. The van der Waals surface area contributed by atoms with E-state index in [1.165, 1.54) is 10.4 Å². The third-order valence-electron chi connectivity index (χ3n) is 4.09. The minimum atomic E-state index is 0.213. The van der Waals surface area contributed by atoms with E-state index in [2.05, 4.69) is 58.7 Å². The molecule has 1 unspecified atom stereocenters. The van der Waals surface area contributed by atoms with E-state index in [-0.39, 0.29) is 6.04 Å². The fourth-order valence-corrected chi connectivity index (χ4v) is 3.45. The average molecular weight is 376 g/mol. The highest BCUT2D eigenvalue weighted by Gasteiger charge is 2.15. The number of methoxy groups -OCH3 is 1. The molecule has 0 bridgehead atoms. The quantitative estimate of drug-likeness (QED) is 0.548. The smallest absolute Gasteiger partial charge is 0.191 e. The van der Waals surface area contributed by atoms with E-state index >= 15 is 0 Å². The molecular formula is C19H29N5OS. The zero-order valence-electron chi connectivity index (χ0n) is 16.2. The van der Waals surface area contributed by atoms with Gasteiger partial charge in [0, 0.05) is 37.6 Å². The average Bonchev–Trinajstić information content (AvgIpc) is 3.05. The zero-order chi connectivity index (χ0) is 18.9. The van der Waals surface area contributed by atoms with Gasteiger partial charge in [-0.25, -0.2) is 4.98 Å². The minimum Gasteiger partial charge on any atom is -0.497 e. The minimum absolute atomic E-state index is 0.213. The molecule has 0 spiro atoms. The van der Waals surface area contributed by atoms with Gasteiger partial charge in [0.25, 0.3) is 0 Å². The topological polar surface area (TPSA) is 61.8 Å². The van der Waals surface area contributed by atoms with Crippen LogP contribution < -0.4 is 15.4 Å². The Labute approximate surface area is 160 Å². The molecule has 0 saturated carbocycles. The number of nitrogens with one attached hydrogen (secondary N) is 2. The number of aryl methyl sites for hydroxylation is 1. The summed E-state index contributed by atoms with van der Waals surface area (Å²) in [4.78, 5) is 12.1. The Bertz CT molecular complexity index is 713. The standard InChI is InChI=1S/C19H29N5OS/c1-14-12-22-18(26-14)9-10-21-19(20-2)23-13-17(24(3)4)15-7-6-8-16(11-15)25-5/h6-8,11-12,17H,9-10,13H2,1-5H3,(H2,20,21,23). The van der Waals surface area contributed by atoms with E-state index in [1.807, 2.05) is 18.3 Å². The largest absolute Gasteiger partial charge is 0.497 e. The van der Waals surface area contributed by atoms with Crippen molar-refractivity contribution in [1.29, 1.82) is 0 Å². The van der Waals surface area contributed by atoms with Crippen molar-refractivity contribution in [2.45, 2.75) is 19.4 Å². The monoisotopic (exact) mass is 375 g/mol. The maximum absolute atomic E-state index is 5.35. The molecule has 0 fully saturated rings. The van der Waals surface area contributed by atoms with Crippen LogP contribution in [-0.2, 0) is 6.42 Å². The summed E-state index contributed by atoms with van der Waals surface area (Å²) in [6.07, 6.45) is 2.81. The van der Waals surface area contributed by atoms with Gasteiger partial charge in [0.1, 0.15) is 5.75 Å². The number of hydrogen-bond acceptors (Lipinski definition) is 5. The first kappa shape index (κ1) is 20.2. The molecule has 0 aliphatic heterocycles. The van der Waals surface area contributed by atoms with Crippen molar-refractivity contribution in [2.24, 2.45) is 4.99 Å². The Hall–Kier alpha value is -2.12. The Balaban J connectivity index is 1.89. The molecule has 142 valence electrons. The molecule has 6 nitrogen and oxygen atoms in total. The lowest BCUT2D eigenvalue weighted by atomic mass is 10.1. The number of benzene rings is 1. The molecule has 0 aliphatic carbocycles. The van der Waals surface area contributed by atoms with Crippen molar-refractivity contribution in [3.63, 3.8) is 0 Å². The molecule has 0 aliphatic rings. The van der Waals surface area contributed by atoms with Crippen molar-refractivity contribution in [1.82, 2.24) is 20.5 Å². The molecule has 2 rings (SSSR count). The van der Waals surface area contributed by atoms with Crippen molar-refractivity contribution in [2.75, 3.05) is 41.3 Å². The Morgan fingerprint density at radius 2 is 2.15 bits per heavy atom. The summed E-state index contributed by atoms with van der Waals surface area (Å²) in [5.74, 6) is 1.67. The van der Waals surface area contributed by atoms with E-state index < -0.39 is 0 Å². The van der Waals surface area contributed by atoms with E-state index in [0.717, 1.165) is 36.2 Å². The number of aromatic nitrogens is 1. The molecule has 0 saturated heterocycles. The SMILES string of the molecule is CN=C(NCCc1ncc(C)s1)NCC(c1cccc(OC)c1)N(C)C. The molecule has 2 N–H and O–H groups in total.